The van der Waals surface area contributed by atoms with Crippen LogP contribution in [0.2, 0.25) is 0 Å². The average molecular weight is 362 g/mol. The Kier molecular flexibility index (Phi) is 7.66. The first-order chi connectivity index (χ1) is 12.6. The highest BCUT2D eigenvalue weighted by atomic mass is 16.6. The smallest absolute Gasteiger partial charge is 0.269 e. The van der Waals surface area contributed by atoms with Crippen molar-refractivity contribution in [3.8, 4) is 0 Å². The monoisotopic (exact) mass is 362 g/mol. The molecule has 0 aliphatic carbocycles. The Bertz CT molecular complexity index is 626. The van der Waals surface area contributed by atoms with Crippen molar-refractivity contribution in [3.63, 3.8) is 0 Å². The Labute approximate surface area is 153 Å². The summed E-state index contributed by atoms with van der Waals surface area (Å²) in [5.41, 5.74) is 0.876. The van der Waals surface area contributed by atoms with Crippen LogP contribution in [-0.4, -0.2) is 61.0 Å². The molecule has 1 heterocycles. The van der Waals surface area contributed by atoms with Crippen LogP contribution in [-0.2, 0) is 4.79 Å². The molecule has 0 atom stereocenters. The third kappa shape index (κ3) is 6.23. The van der Waals surface area contributed by atoms with Gasteiger partial charge in [-0.2, -0.15) is 0 Å². The quantitative estimate of drug-likeness (QED) is 0.210. The van der Waals surface area contributed by atoms with E-state index in [1.807, 2.05) is 11.8 Å². The van der Waals surface area contributed by atoms with Crippen LogP contribution in [0.25, 0.3) is 0 Å². The van der Waals surface area contributed by atoms with E-state index in [0.717, 1.165) is 31.6 Å². The number of nitrogens with zero attached hydrogens (tertiary/aromatic N) is 3. The molecule has 0 unspecified atom stereocenters. The summed E-state index contributed by atoms with van der Waals surface area (Å²) in [5.74, 6) is 0.661. The van der Waals surface area contributed by atoms with Crippen LogP contribution >= 0.6 is 0 Å². The predicted octanol–water partition coefficient (Wildman–Crippen LogP) is 1.18. The largest absolute Gasteiger partial charge is 0.383 e. The number of nitro groups is 1. The van der Waals surface area contributed by atoms with Crippen molar-refractivity contribution in [1.29, 1.82) is 0 Å². The normalized spacial score (nSPS) is 14.2. The predicted molar refractivity (Wildman–Crippen MR) is 101 cm³/mol. The lowest BCUT2D eigenvalue weighted by molar-refractivity contribution is -0.384. The Balaban J connectivity index is 1.74. The first kappa shape index (κ1) is 19.5. The van der Waals surface area contributed by atoms with Crippen molar-refractivity contribution < 1.29 is 9.72 Å². The highest BCUT2D eigenvalue weighted by Crippen LogP contribution is 2.14. The van der Waals surface area contributed by atoms with Gasteiger partial charge in [0.05, 0.1) is 4.92 Å². The molecule has 9 nitrogen and oxygen atoms in total. The SMILES string of the molecule is CCNC(=NCC(=O)N1CCCC1)NCCNc1ccc([N+](=O)[O-])cc1. The van der Waals surface area contributed by atoms with E-state index < -0.39 is 4.92 Å². The van der Waals surface area contributed by atoms with Gasteiger partial charge in [0, 0.05) is 50.5 Å². The molecule has 0 radical (unpaired) electrons. The molecule has 26 heavy (non-hydrogen) atoms. The zero-order chi connectivity index (χ0) is 18.8. The fourth-order valence-electron chi connectivity index (χ4n) is 2.64. The number of carbonyl (C=O) groups excluding carboxylic acids is 1. The molecular weight excluding hydrogens is 336 g/mol. The minimum absolute atomic E-state index is 0.0590. The number of aliphatic imine (C=N–C) groups is 1. The summed E-state index contributed by atoms with van der Waals surface area (Å²) in [6.45, 7) is 5.69. The number of rotatable bonds is 8. The van der Waals surface area contributed by atoms with E-state index in [9.17, 15) is 14.9 Å². The number of nitro benzene ring substituents is 1. The molecule has 0 bridgehead atoms. The lowest BCUT2D eigenvalue weighted by Gasteiger charge is -2.15. The van der Waals surface area contributed by atoms with Gasteiger partial charge >= 0.3 is 0 Å². The number of hydrogen-bond donors (Lipinski definition) is 3. The minimum Gasteiger partial charge on any atom is -0.383 e. The van der Waals surface area contributed by atoms with Crippen LogP contribution < -0.4 is 16.0 Å². The van der Waals surface area contributed by atoms with Crippen molar-refractivity contribution in [2.45, 2.75) is 19.8 Å². The average Bonchev–Trinajstić information content (AvgIpc) is 3.18. The molecule has 1 saturated heterocycles. The molecule has 0 aromatic heterocycles. The van der Waals surface area contributed by atoms with E-state index in [-0.39, 0.29) is 18.1 Å². The maximum absolute atomic E-state index is 12.0. The number of non-ortho nitro benzene ring substituents is 1. The number of guanidine groups is 1. The van der Waals surface area contributed by atoms with Gasteiger partial charge in [-0.25, -0.2) is 4.99 Å². The molecular formula is C17H26N6O3. The van der Waals surface area contributed by atoms with E-state index in [0.29, 0.717) is 25.6 Å². The second kappa shape index (κ2) is 10.2. The maximum Gasteiger partial charge on any atom is 0.269 e. The van der Waals surface area contributed by atoms with Crippen molar-refractivity contribution in [1.82, 2.24) is 15.5 Å². The Morgan fingerprint density at radius 2 is 1.88 bits per heavy atom. The van der Waals surface area contributed by atoms with E-state index in [4.69, 9.17) is 0 Å². The molecule has 3 N–H and O–H groups in total. The molecule has 1 amide bonds. The zero-order valence-electron chi connectivity index (χ0n) is 15.0. The number of amides is 1. The summed E-state index contributed by atoms with van der Waals surface area (Å²) in [6, 6.07) is 6.27. The van der Waals surface area contributed by atoms with Gasteiger partial charge in [0.25, 0.3) is 5.69 Å². The molecule has 1 aliphatic rings. The fraction of sp³-hybridized carbons (Fsp3) is 0.529. The summed E-state index contributed by atoms with van der Waals surface area (Å²) in [6.07, 6.45) is 2.14. The minimum atomic E-state index is -0.423. The van der Waals surface area contributed by atoms with Crippen LogP contribution in [0.4, 0.5) is 11.4 Å². The topological polar surface area (TPSA) is 112 Å². The first-order valence-electron chi connectivity index (χ1n) is 8.88. The summed E-state index contributed by atoms with van der Waals surface area (Å²) in [5, 5.41) is 20.1. The van der Waals surface area contributed by atoms with Crippen LogP contribution in [0.5, 0.6) is 0 Å². The Hall–Kier alpha value is -2.84. The lowest BCUT2D eigenvalue weighted by atomic mass is 10.3. The van der Waals surface area contributed by atoms with Crippen LogP contribution in [0.1, 0.15) is 19.8 Å². The summed E-state index contributed by atoms with van der Waals surface area (Å²) < 4.78 is 0. The van der Waals surface area contributed by atoms with E-state index in [1.54, 1.807) is 12.1 Å². The molecule has 1 aliphatic heterocycles. The van der Waals surface area contributed by atoms with Crippen molar-refractivity contribution in [2.75, 3.05) is 44.6 Å². The third-order valence-electron chi connectivity index (χ3n) is 4.00. The van der Waals surface area contributed by atoms with Gasteiger partial charge in [-0.3, -0.25) is 14.9 Å². The third-order valence-corrected chi connectivity index (χ3v) is 4.00. The molecule has 1 aromatic rings. The summed E-state index contributed by atoms with van der Waals surface area (Å²) in [4.78, 5) is 28.4. The number of hydrogen-bond acceptors (Lipinski definition) is 5. The number of nitrogens with one attached hydrogen (secondary N) is 3. The molecule has 0 saturated carbocycles. The summed E-state index contributed by atoms with van der Waals surface area (Å²) in [7, 11) is 0. The van der Waals surface area contributed by atoms with Gasteiger partial charge in [-0.05, 0) is 31.9 Å². The second-order valence-corrected chi connectivity index (χ2v) is 5.94. The van der Waals surface area contributed by atoms with Gasteiger partial charge in [0.1, 0.15) is 6.54 Å². The number of likely N-dealkylation sites (tertiary alicyclic amines) is 1. The van der Waals surface area contributed by atoms with E-state index >= 15 is 0 Å². The molecule has 9 heteroatoms. The highest BCUT2D eigenvalue weighted by molar-refractivity contribution is 5.85. The van der Waals surface area contributed by atoms with Crippen LogP contribution in [0.3, 0.4) is 0 Å². The van der Waals surface area contributed by atoms with Crippen LogP contribution in [0.15, 0.2) is 29.3 Å². The highest BCUT2D eigenvalue weighted by Gasteiger charge is 2.17. The molecule has 1 aromatic carbocycles. The van der Waals surface area contributed by atoms with E-state index in [2.05, 4.69) is 20.9 Å². The zero-order valence-corrected chi connectivity index (χ0v) is 15.0. The molecule has 1 fully saturated rings. The Morgan fingerprint density at radius 3 is 2.50 bits per heavy atom. The number of anilines is 1. The van der Waals surface area contributed by atoms with Gasteiger partial charge in [0.2, 0.25) is 5.91 Å². The lowest BCUT2D eigenvalue weighted by Crippen LogP contribution is -2.40. The van der Waals surface area contributed by atoms with Crippen molar-refractivity contribution in [2.24, 2.45) is 4.99 Å². The molecule has 142 valence electrons. The van der Waals surface area contributed by atoms with Gasteiger partial charge in [-0.15, -0.1) is 0 Å². The van der Waals surface area contributed by atoms with Crippen molar-refractivity contribution in [3.05, 3.63) is 34.4 Å². The maximum atomic E-state index is 12.0. The second-order valence-electron chi connectivity index (χ2n) is 5.94. The van der Waals surface area contributed by atoms with Crippen molar-refractivity contribution >= 4 is 23.2 Å². The number of carbonyl (C=O) groups is 1. The van der Waals surface area contributed by atoms with E-state index in [1.165, 1.54) is 12.1 Å². The van der Waals surface area contributed by atoms with Gasteiger partial charge < -0.3 is 20.9 Å². The Morgan fingerprint density at radius 1 is 1.19 bits per heavy atom. The fourth-order valence-corrected chi connectivity index (χ4v) is 2.64. The van der Waals surface area contributed by atoms with Gasteiger partial charge in [-0.1, -0.05) is 0 Å². The number of benzene rings is 1. The van der Waals surface area contributed by atoms with Crippen LogP contribution in [0, 0.1) is 10.1 Å². The van der Waals surface area contributed by atoms with Gasteiger partial charge in [0.15, 0.2) is 5.96 Å². The first-order valence-corrected chi connectivity index (χ1v) is 8.88. The standard InChI is InChI=1S/C17H26N6O3/c1-2-18-17(21-13-16(24)22-11-3-4-12-22)20-10-9-19-14-5-7-15(8-6-14)23(25)26/h5-8,19H,2-4,9-13H2,1H3,(H2,18,20,21). The summed E-state index contributed by atoms with van der Waals surface area (Å²) >= 11 is 0. The molecule has 2 rings (SSSR count). The molecule has 0 spiro atoms.